The number of hydrogen-bond acceptors (Lipinski definition) is 2. The summed E-state index contributed by atoms with van der Waals surface area (Å²) in [7, 11) is 0. The smallest absolute Gasteiger partial charge is 0.307 e. The van der Waals surface area contributed by atoms with Gasteiger partial charge in [0.05, 0.1) is 11.8 Å². The average molecular weight is 197 g/mol. The van der Waals surface area contributed by atoms with Gasteiger partial charge in [0, 0.05) is 6.04 Å². The molecular formula is C10H15NO3. The SMILES string of the molecule is O=C(O)[C@H]1C[C@H]1C(=O)NC1CCCC1. The summed E-state index contributed by atoms with van der Waals surface area (Å²) in [5.74, 6) is -1.56. The van der Waals surface area contributed by atoms with E-state index in [1.54, 1.807) is 0 Å². The Morgan fingerprint density at radius 1 is 1.14 bits per heavy atom. The van der Waals surface area contributed by atoms with Gasteiger partial charge in [-0.1, -0.05) is 12.8 Å². The Morgan fingerprint density at radius 2 is 1.79 bits per heavy atom. The Morgan fingerprint density at radius 3 is 2.29 bits per heavy atom. The maximum absolute atomic E-state index is 11.5. The van der Waals surface area contributed by atoms with Gasteiger partial charge in [-0.3, -0.25) is 9.59 Å². The highest BCUT2D eigenvalue weighted by atomic mass is 16.4. The van der Waals surface area contributed by atoms with E-state index in [4.69, 9.17) is 5.11 Å². The fourth-order valence-electron chi connectivity index (χ4n) is 2.14. The Kier molecular flexibility index (Phi) is 2.44. The molecule has 2 aliphatic carbocycles. The molecule has 2 atom stereocenters. The van der Waals surface area contributed by atoms with Crippen LogP contribution in [0.15, 0.2) is 0 Å². The van der Waals surface area contributed by atoms with E-state index in [-0.39, 0.29) is 11.8 Å². The van der Waals surface area contributed by atoms with Crippen molar-refractivity contribution in [2.45, 2.75) is 38.1 Å². The quantitative estimate of drug-likeness (QED) is 0.702. The van der Waals surface area contributed by atoms with Crippen LogP contribution in [0.5, 0.6) is 0 Å². The first kappa shape index (κ1) is 9.49. The Labute approximate surface area is 82.7 Å². The minimum absolute atomic E-state index is 0.0516. The van der Waals surface area contributed by atoms with Crippen LogP contribution in [0.1, 0.15) is 32.1 Å². The van der Waals surface area contributed by atoms with E-state index in [0.29, 0.717) is 12.5 Å². The van der Waals surface area contributed by atoms with Gasteiger partial charge in [0.2, 0.25) is 5.91 Å². The molecule has 0 unspecified atom stereocenters. The molecule has 2 aliphatic rings. The van der Waals surface area contributed by atoms with Crippen molar-refractivity contribution in [3.63, 3.8) is 0 Å². The maximum atomic E-state index is 11.5. The lowest BCUT2D eigenvalue weighted by molar-refractivity contribution is -0.140. The van der Waals surface area contributed by atoms with Gasteiger partial charge in [0.1, 0.15) is 0 Å². The third kappa shape index (κ3) is 1.89. The van der Waals surface area contributed by atoms with Crippen LogP contribution in [0.2, 0.25) is 0 Å². The molecule has 2 fully saturated rings. The van der Waals surface area contributed by atoms with Crippen molar-refractivity contribution in [2.24, 2.45) is 11.8 Å². The molecule has 0 aliphatic heterocycles. The highest BCUT2D eigenvalue weighted by molar-refractivity contribution is 5.89. The van der Waals surface area contributed by atoms with E-state index < -0.39 is 11.9 Å². The zero-order valence-corrected chi connectivity index (χ0v) is 8.03. The van der Waals surface area contributed by atoms with Crippen molar-refractivity contribution in [3.05, 3.63) is 0 Å². The lowest BCUT2D eigenvalue weighted by atomic mass is 10.2. The Bertz CT molecular complexity index is 258. The first-order valence-corrected chi connectivity index (χ1v) is 5.21. The summed E-state index contributed by atoms with van der Waals surface area (Å²) in [5.41, 5.74) is 0. The molecule has 0 bridgehead atoms. The van der Waals surface area contributed by atoms with Crippen LogP contribution in [0.4, 0.5) is 0 Å². The molecule has 0 spiro atoms. The Hall–Kier alpha value is -1.06. The summed E-state index contributed by atoms with van der Waals surface area (Å²) in [6, 6.07) is 0.303. The number of carbonyl (C=O) groups excluding carboxylic acids is 1. The molecule has 0 aromatic rings. The van der Waals surface area contributed by atoms with Crippen LogP contribution in [0.3, 0.4) is 0 Å². The molecule has 2 N–H and O–H groups in total. The summed E-state index contributed by atoms with van der Waals surface area (Å²) < 4.78 is 0. The molecule has 0 saturated heterocycles. The molecule has 14 heavy (non-hydrogen) atoms. The van der Waals surface area contributed by atoms with Gasteiger partial charge in [0.25, 0.3) is 0 Å². The Balaban J connectivity index is 1.77. The van der Waals surface area contributed by atoms with Gasteiger partial charge in [-0.05, 0) is 19.3 Å². The number of amides is 1. The van der Waals surface area contributed by atoms with Crippen LogP contribution >= 0.6 is 0 Å². The fraction of sp³-hybridized carbons (Fsp3) is 0.800. The third-order valence-electron chi connectivity index (χ3n) is 3.15. The van der Waals surface area contributed by atoms with Gasteiger partial charge in [-0.25, -0.2) is 0 Å². The van der Waals surface area contributed by atoms with Gasteiger partial charge in [0.15, 0.2) is 0 Å². The maximum Gasteiger partial charge on any atom is 0.307 e. The molecule has 2 saturated carbocycles. The van der Waals surface area contributed by atoms with Crippen LogP contribution in [-0.2, 0) is 9.59 Å². The number of rotatable bonds is 3. The van der Waals surface area contributed by atoms with E-state index in [9.17, 15) is 9.59 Å². The highest BCUT2D eigenvalue weighted by Gasteiger charge is 2.48. The largest absolute Gasteiger partial charge is 0.481 e. The van der Waals surface area contributed by atoms with Crippen molar-refractivity contribution < 1.29 is 14.7 Å². The van der Waals surface area contributed by atoms with Crippen molar-refractivity contribution in [1.82, 2.24) is 5.32 Å². The number of hydrogen-bond donors (Lipinski definition) is 2. The lowest BCUT2D eigenvalue weighted by Crippen LogP contribution is -2.34. The summed E-state index contributed by atoms with van der Waals surface area (Å²) in [6.45, 7) is 0. The number of aliphatic carboxylic acids is 1. The fourth-order valence-corrected chi connectivity index (χ4v) is 2.14. The number of carboxylic acids is 1. The minimum Gasteiger partial charge on any atom is -0.481 e. The molecule has 0 aromatic heterocycles. The molecule has 0 radical (unpaired) electrons. The van der Waals surface area contributed by atoms with Crippen LogP contribution in [0, 0.1) is 11.8 Å². The van der Waals surface area contributed by atoms with Crippen LogP contribution in [-0.4, -0.2) is 23.0 Å². The van der Waals surface area contributed by atoms with E-state index >= 15 is 0 Å². The van der Waals surface area contributed by atoms with Gasteiger partial charge in [-0.2, -0.15) is 0 Å². The van der Waals surface area contributed by atoms with E-state index in [0.717, 1.165) is 12.8 Å². The summed E-state index contributed by atoms with van der Waals surface area (Å²) >= 11 is 0. The summed E-state index contributed by atoms with van der Waals surface area (Å²) in [4.78, 5) is 22.0. The van der Waals surface area contributed by atoms with Gasteiger partial charge >= 0.3 is 5.97 Å². The first-order valence-electron chi connectivity index (χ1n) is 5.21. The zero-order chi connectivity index (χ0) is 10.1. The van der Waals surface area contributed by atoms with Crippen molar-refractivity contribution in [3.8, 4) is 0 Å². The molecule has 2 rings (SSSR count). The molecule has 4 heteroatoms. The first-order chi connectivity index (χ1) is 6.68. The predicted molar refractivity (Wildman–Crippen MR) is 49.6 cm³/mol. The monoisotopic (exact) mass is 197 g/mol. The van der Waals surface area contributed by atoms with Crippen molar-refractivity contribution in [2.75, 3.05) is 0 Å². The highest BCUT2D eigenvalue weighted by Crippen LogP contribution is 2.39. The molecular weight excluding hydrogens is 182 g/mol. The summed E-state index contributed by atoms with van der Waals surface area (Å²) in [5, 5.41) is 11.6. The summed E-state index contributed by atoms with van der Waals surface area (Å²) in [6.07, 6.45) is 4.98. The normalized spacial score (nSPS) is 31.4. The second-order valence-electron chi connectivity index (χ2n) is 4.28. The van der Waals surface area contributed by atoms with E-state index in [1.807, 2.05) is 0 Å². The second kappa shape index (κ2) is 3.59. The van der Waals surface area contributed by atoms with Crippen LogP contribution < -0.4 is 5.32 Å². The number of carboxylic acid groups (broad SMARTS) is 1. The molecule has 0 heterocycles. The molecule has 78 valence electrons. The second-order valence-corrected chi connectivity index (χ2v) is 4.28. The number of nitrogens with one attached hydrogen (secondary N) is 1. The van der Waals surface area contributed by atoms with Crippen LogP contribution in [0.25, 0.3) is 0 Å². The van der Waals surface area contributed by atoms with Gasteiger partial charge in [-0.15, -0.1) is 0 Å². The zero-order valence-electron chi connectivity index (χ0n) is 8.03. The number of carbonyl (C=O) groups is 2. The van der Waals surface area contributed by atoms with Gasteiger partial charge < -0.3 is 10.4 Å². The minimum atomic E-state index is -0.837. The third-order valence-corrected chi connectivity index (χ3v) is 3.15. The molecule has 1 amide bonds. The van der Waals surface area contributed by atoms with E-state index in [1.165, 1.54) is 12.8 Å². The van der Waals surface area contributed by atoms with Crippen molar-refractivity contribution in [1.29, 1.82) is 0 Å². The van der Waals surface area contributed by atoms with Crippen molar-refractivity contribution >= 4 is 11.9 Å². The molecule has 0 aromatic carbocycles. The lowest BCUT2D eigenvalue weighted by Gasteiger charge is -2.10. The van der Waals surface area contributed by atoms with E-state index in [2.05, 4.69) is 5.32 Å². The average Bonchev–Trinajstić information content (AvgIpc) is 2.80. The molecule has 4 nitrogen and oxygen atoms in total. The topological polar surface area (TPSA) is 66.4 Å². The standard InChI is InChI=1S/C10H15NO3/c12-9(7-5-8(7)10(13)14)11-6-3-1-2-4-6/h6-8H,1-5H2,(H,11,12)(H,13,14)/t7-,8+/m1/s1. The predicted octanol–water partition coefficient (Wildman–Crippen LogP) is 0.766.